The molecule has 1 unspecified atom stereocenters. The fraction of sp³-hybridized carbons (Fsp3) is 0.625. The largest absolute Gasteiger partial charge is 0.305 e. The van der Waals surface area contributed by atoms with Gasteiger partial charge in [0.15, 0.2) is 4.90 Å². The number of benzene rings is 1. The SMILES string of the molecule is CN1CCCC(N2CCN(S(=O)(=O)c3cc(Br)ccc3[N+](=O)[O-])CC2)C1. The van der Waals surface area contributed by atoms with Crippen LogP contribution in [0.15, 0.2) is 27.6 Å². The number of sulfonamides is 1. The van der Waals surface area contributed by atoms with Crippen LogP contribution in [0.2, 0.25) is 0 Å². The lowest BCUT2D eigenvalue weighted by Gasteiger charge is -2.42. The van der Waals surface area contributed by atoms with Crippen LogP contribution in [0.5, 0.6) is 0 Å². The van der Waals surface area contributed by atoms with Gasteiger partial charge in [-0.05, 0) is 38.6 Å². The summed E-state index contributed by atoms with van der Waals surface area (Å²) in [5.41, 5.74) is -0.385. The van der Waals surface area contributed by atoms with Gasteiger partial charge in [0.2, 0.25) is 10.0 Å². The molecule has 26 heavy (non-hydrogen) atoms. The predicted octanol–water partition coefficient (Wildman–Crippen LogP) is 1.76. The summed E-state index contributed by atoms with van der Waals surface area (Å²) in [6.45, 7) is 4.12. The molecular weight excluding hydrogens is 424 g/mol. The standard InChI is InChI=1S/C16H23BrN4O4S/c1-18-6-2-3-14(12-18)19-7-9-20(10-8-19)26(24,25)16-11-13(17)4-5-15(16)21(22)23/h4-5,11,14H,2-3,6-10,12H2,1H3. The third kappa shape index (κ3) is 4.09. The van der Waals surface area contributed by atoms with Crippen molar-refractivity contribution in [1.82, 2.24) is 14.1 Å². The van der Waals surface area contributed by atoms with E-state index in [0.29, 0.717) is 36.7 Å². The Bertz CT molecular complexity index is 780. The van der Waals surface area contributed by atoms with E-state index in [2.05, 4.69) is 32.8 Å². The van der Waals surface area contributed by atoms with Gasteiger partial charge in [0.05, 0.1) is 4.92 Å². The van der Waals surface area contributed by atoms with Gasteiger partial charge < -0.3 is 4.90 Å². The van der Waals surface area contributed by atoms with Gasteiger partial charge in [-0.25, -0.2) is 8.42 Å². The first-order valence-corrected chi connectivity index (χ1v) is 10.9. The molecule has 8 nitrogen and oxygen atoms in total. The summed E-state index contributed by atoms with van der Waals surface area (Å²) < 4.78 is 27.8. The average molecular weight is 447 g/mol. The van der Waals surface area contributed by atoms with Gasteiger partial charge in [0, 0.05) is 49.3 Å². The van der Waals surface area contributed by atoms with E-state index in [1.165, 1.54) is 22.5 Å². The Morgan fingerprint density at radius 3 is 2.50 bits per heavy atom. The molecule has 0 N–H and O–H groups in total. The fourth-order valence-electron chi connectivity index (χ4n) is 3.73. The summed E-state index contributed by atoms with van der Waals surface area (Å²) in [6.07, 6.45) is 2.29. The first kappa shape index (κ1) is 19.7. The van der Waals surface area contributed by atoms with Crippen LogP contribution >= 0.6 is 15.9 Å². The minimum atomic E-state index is -3.90. The maximum atomic E-state index is 13.0. The molecule has 0 aromatic heterocycles. The first-order valence-electron chi connectivity index (χ1n) is 8.66. The van der Waals surface area contributed by atoms with Crippen molar-refractivity contribution in [3.8, 4) is 0 Å². The molecule has 0 bridgehead atoms. The molecule has 144 valence electrons. The van der Waals surface area contributed by atoms with E-state index in [4.69, 9.17) is 0 Å². The molecule has 0 radical (unpaired) electrons. The van der Waals surface area contributed by atoms with Crippen LogP contribution in [0.25, 0.3) is 0 Å². The first-order chi connectivity index (χ1) is 12.3. The Morgan fingerprint density at radius 1 is 1.19 bits per heavy atom. The van der Waals surface area contributed by atoms with Crippen LogP contribution in [0, 0.1) is 10.1 Å². The molecule has 2 heterocycles. The summed E-state index contributed by atoms with van der Waals surface area (Å²) >= 11 is 3.21. The second kappa shape index (κ2) is 7.89. The Balaban J connectivity index is 1.74. The Morgan fingerprint density at radius 2 is 1.88 bits per heavy atom. The van der Waals surface area contributed by atoms with E-state index < -0.39 is 14.9 Å². The summed E-state index contributed by atoms with van der Waals surface area (Å²) in [7, 11) is -1.79. The lowest BCUT2D eigenvalue weighted by molar-refractivity contribution is -0.387. The zero-order valence-corrected chi connectivity index (χ0v) is 17.1. The van der Waals surface area contributed by atoms with Crippen molar-refractivity contribution < 1.29 is 13.3 Å². The van der Waals surface area contributed by atoms with Gasteiger partial charge in [-0.15, -0.1) is 0 Å². The van der Waals surface area contributed by atoms with Gasteiger partial charge in [0.25, 0.3) is 5.69 Å². The highest BCUT2D eigenvalue weighted by Gasteiger charge is 2.35. The van der Waals surface area contributed by atoms with Gasteiger partial charge in [-0.1, -0.05) is 15.9 Å². The van der Waals surface area contributed by atoms with E-state index in [0.717, 1.165) is 25.9 Å². The molecule has 0 spiro atoms. The molecule has 2 saturated heterocycles. The minimum Gasteiger partial charge on any atom is -0.305 e. The molecule has 2 fully saturated rings. The lowest BCUT2D eigenvalue weighted by Crippen LogP contribution is -2.55. The maximum absolute atomic E-state index is 13.0. The van der Waals surface area contributed by atoms with Crippen molar-refractivity contribution in [3.63, 3.8) is 0 Å². The number of likely N-dealkylation sites (N-methyl/N-ethyl adjacent to an activating group) is 1. The molecule has 2 aliphatic heterocycles. The van der Waals surface area contributed by atoms with Crippen molar-refractivity contribution in [1.29, 1.82) is 0 Å². The number of nitro groups is 1. The topological polar surface area (TPSA) is 87.0 Å². The molecule has 0 amide bonds. The van der Waals surface area contributed by atoms with Crippen molar-refractivity contribution >= 4 is 31.6 Å². The van der Waals surface area contributed by atoms with E-state index in [-0.39, 0.29) is 10.6 Å². The number of hydrogen-bond acceptors (Lipinski definition) is 6. The van der Waals surface area contributed by atoms with Crippen LogP contribution in [0.4, 0.5) is 5.69 Å². The highest BCUT2D eigenvalue weighted by atomic mass is 79.9. The van der Waals surface area contributed by atoms with Crippen LogP contribution in [-0.4, -0.2) is 79.8 Å². The number of piperazine rings is 1. The minimum absolute atomic E-state index is 0.247. The van der Waals surface area contributed by atoms with E-state index >= 15 is 0 Å². The van der Waals surface area contributed by atoms with Gasteiger partial charge >= 0.3 is 0 Å². The van der Waals surface area contributed by atoms with Crippen LogP contribution in [0.3, 0.4) is 0 Å². The molecule has 1 atom stereocenters. The summed E-state index contributed by atoms with van der Waals surface area (Å²) in [6, 6.07) is 4.48. The summed E-state index contributed by atoms with van der Waals surface area (Å²) in [5, 5.41) is 11.2. The highest BCUT2D eigenvalue weighted by Crippen LogP contribution is 2.30. The third-order valence-electron chi connectivity index (χ3n) is 5.13. The lowest BCUT2D eigenvalue weighted by atomic mass is 10.0. The molecule has 0 saturated carbocycles. The number of halogens is 1. The fourth-order valence-corrected chi connectivity index (χ4v) is 5.85. The average Bonchev–Trinajstić information content (AvgIpc) is 2.61. The molecular formula is C16H23BrN4O4S. The molecule has 10 heteroatoms. The zero-order chi connectivity index (χ0) is 18.9. The van der Waals surface area contributed by atoms with Crippen molar-refractivity contribution in [2.75, 3.05) is 46.3 Å². The van der Waals surface area contributed by atoms with E-state index in [9.17, 15) is 18.5 Å². The van der Waals surface area contributed by atoms with Crippen LogP contribution in [-0.2, 0) is 10.0 Å². The van der Waals surface area contributed by atoms with Gasteiger partial charge in [0.1, 0.15) is 0 Å². The quantitative estimate of drug-likeness (QED) is 0.517. The highest BCUT2D eigenvalue weighted by molar-refractivity contribution is 9.10. The Kier molecular flexibility index (Phi) is 5.97. The zero-order valence-electron chi connectivity index (χ0n) is 14.7. The number of hydrogen-bond donors (Lipinski definition) is 0. The molecule has 1 aromatic carbocycles. The number of likely N-dealkylation sites (tertiary alicyclic amines) is 1. The summed E-state index contributed by atoms with van der Waals surface area (Å²) in [5.74, 6) is 0. The van der Waals surface area contributed by atoms with E-state index in [1.807, 2.05) is 0 Å². The Labute approximate surface area is 162 Å². The Hall–Kier alpha value is -1.07. The van der Waals surface area contributed by atoms with Crippen molar-refractivity contribution in [3.05, 3.63) is 32.8 Å². The van der Waals surface area contributed by atoms with Crippen molar-refractivity contribution in [2.45, 2.75) is 23.8 Å². The predicted molar refractivity (Wildman–Crippen MR) is 102 cm³/mol. The number of nitro benzene ring substituents is 1. The number of nitrogens with zero attached hydrogens (tertiary/aromatic N) is 4. The van der Waals surface area contributed by atoms with Crippen LogP contribution in [0.1, 0.15) is 12.8 Å². The number of rotatable bonds is 4. The molecule has 1 aromatic rings. The smallest absolute Gasteiger partial charge is 0.289 e. The molecule has 3 rings (SSSR count). The second-order valence-corrected chi connectivity index (χ2v) is 9.69. The number of piperidine rings is 1. The maximum Gasteiger partial charge on any atom is 0.289 e. The monoisotopic (exact) mass is 446 g/mol. The van der Waals surface area contributed by atoms with Gasteiger partial charge in [-0.3, -0.25) is 15.0 Å². The van der Waals surface area contributed by atoms with E-state index in [1.54, 1.807) is 0 Å². The second-order valence-electron chi connectivity index (χ2n) is 6.87. The van der Waals surface area contributed by atoms with Gasteiger partial charge in [-0.2, -0.15) is 4.31 Å². The van der Waals surface area contributed by atoms with Crippen LogP contribution < -0.4 is 0 Å². The molecule has 2 aliphatic rings. The summed E-state index contributed by atoms with van der Waals surface area (Å²) in [4.78, 5) is 15.0. The third-order valence-corrected chi connectivity index (χ3v) is 7.55. The normalized spacial score (nSPS) is 23.8. The van der Waals surface area contributed by atoms with Crippen molar-refractivity contribution in [2.24, 2.45) is 0 Å². The molecule has 0 aliphatic carbocycles.